The summed E-state index contributed by atoms with van der Waals surface area (Å²) in [6.07, 6.45) is 2.94. The molecule has 2 amide bonds. The topological polar surface area (TPSA) is 61.9 Å². The molecule has 1 N–H and O–H groups in total. The van der Waals surface area contributed by atoms with Gasteiger partial charge in [0.1, 0.15) is 0 Å². The van der Waals surface area contributed by atoms with Gasteiger partial charge in [0, 0.05) is 27.7 Å². The second kappa shape index (κ2) is 7.59. The summed E-state index contributed by atoms with van der Waals surface area (Å²) in [4.78, 5) is 27.7. The summed E-state index contributed by atoms with van der Waals surface area (Å²) < 4.78 is 5.05. The molecule has 6 heteroatoms. The zero-order chi connectivity index (χ0) is 15.2. The smallest absolute Gasteiger partial charge is 0.243 e. The maximum Gasteiger partial charge on any atom is 0.243 e. The predicted octanol–water partition coefficient (Wildman–Crippen LogP) is 0.0818. The molecule has 1 saturated heterocycles. The molecule has 116 valence electrons. The Morgan fingerprint density at radius 1 is 1.30 bits per heavy atom. The summed E-state index contributed by atoms with van der Waals surface area (Å²) in [5, 5.41) is 3.30. The number of piperidine rings is 1. The second-order valence-electron chi connectivity index (χ2n) is 5.72. The van der Waals surface area contributed by atoms with Crippen molar-refractivity contribution in [1.29, 1.82) is 0 Å². The lowest BCUT2D eigenvalue weighted by molar-refractivity contribution is -0.144. The average Bonchev–Trinajstić information content (AvgIpc) is 2.43. The number of carbonyl (C=O) groups excluding carboxylic acids is 2. The molecule has 0 aliphatic carbocycles. The molecule has 1 fully saturated rings. The number of amides is 2. The Balaban J connectivity index is 2.74. The van der Waals surface area contributed by atoms with Gasteiger partial charge in [0.25, 0.3) is 0 Å². The molecule has 1 aliphatic heterocycles. The Hall–Kier alpha value is -1.14. The zero-order valence-corrected chi connectivity index (χ0v) is 13.1. The number of nitrogens with zero attached hydrogens (tertiary/aromatic N) is 2. The van der Waals surface area contributed by atoms with Gasteiger partial charge in [-0.15, -0.1) is 0 Å². The Labute approximate surface area is 121 Å². The van der Waals surface area contributed by atoms with Crippen molar-refractivity contribution >= 4 is 11.8 Å². The van der Waals surface area contributed by atoms with E-state index in [2.05, 4.69) is 5.32 Å². The standard InChI is InChI=1S/C14H27N3O3/c1-14(7-5-6-8-15-14)13(19)17(9-10-20-4)11-12(18)16(2)3/h15H,5-11H2,1-4H3. The summed E-state index contributed by atoms with van der Waals surface area (Å²) in [7, 11) is 4.99. The van der Waals surface area contributed by atoms with Gasteiger partial charge in [0.2, 0.25) is 11.8 Å². The minimum atomic E-state index is -0.557. The first-order chi connectivity index (χ1) is 9.40. The summed E-state index contributed by atoms with van der Waals surface area (Å²) in [6.45, 7) is 3.75. The highest BCUT2D eigenvalue weighted by atomic mass is 16.5. The van der Waals surface area contributed by atoms with Crippen LogP contribution in [-0.4, -0.2) is 74.6 Å². The Morgan fingerprint density at radius 2 is 2.00 bits per heavy atom. The van der Waals surface area contributed by atoms with Crippen LogP contribution < -0.4 is 5.32 Å². The van der Waals surface area contributed by atoms with Crippen molar-refractivity contribution in [1.82, 2.24) is 15.1 Å². The van der Waals surface area contributed by atoms with Crippen LogP contribution in [-0.2, 0) is 14.3 Å². The fourth-order valence-corrected chi connectivity index (χ4v) is 2.35. The zero-order valence-electron chi connectivity index (χ0n) is 13.1. The minimum absolute atomic E-state index is 0.00977. The molecule has 0 radical (unpaired) electrons. The molecule has 0 aromatic rings. The van der Waals surface area contributed by atoms with Crippen molar-refractivity contribution in [2.45, 2.75) is 31.7 Å². The van der Waals surface area contributed by atoms with Crippen molar-refractivity contribution in [3.05, 3.63) is 0 Å². The molecule has 0 aromatic heterocycles. The summed E-state index contributed by atoms with van der Waals surface area (Å²) in [5.41, 5.74) is -0.557. The van der Waals surface area contributed by atoms with E-state index < -0.39 is 5.54 Å². The van der Waals surface area contributed by atoms with E-state index in [1.165, 1.54) is 4.90 Å². The van der Waals surface area contributed by atoms with E-state index in [0.717, 1.165) is 25.8 Å². The van der Waals surface area contributed by atoms with Crippen LogP contribution in [0.15, 0.2) is 0 Å². The molecule has 0 bridgehead atoms. The van der Waals surface area contributed by atoms with Gasteiger partial charge in [-0.1, -0.05) is 0 Å². The van der Waals surface area contributed by atoms with E-state index in [1.54, 1.807) is 26.1 Å². The highest BCUT2D eigenvalue weighted by molar-refractivity contribution is 5.90. The first-order valence-corrected chi connectivity index (χ1v) is 7.14. The first kappa shape index (κ1) is 16.9. The largest absolute Gasteiger partial charge is 0.383 e. The monoisotopic (exact) mass is 285 g/mol. The number of methoxy groups -OCH3 is 1. The van der Waals surface area contributed by atoms with Gasteiger partial charge in [0.05, 0.1) is 18.7 Å². The van der Waals surface area contributed by atoms with Crippen LogP contribution in [0.25, 0.3) is 0 Å². The lowest BCUT2D eigenvalue weighted by Crippen LogP contribution is -2.59. The average molecular weight is 285 g/mol. The number of nitrogens with one attached hydrogen (secondary N) is 1. The third-order valence-corrected chi connectivity index (χ3v) is 3.77. The third-order valence-electron chi connectivity index (χ3n) is 3.77. The van der Waals surface area contributed by atoms with Crippen molar-refractivity contribution in [2.75, 3.05) is 47.4 Å². The van der Waals surface area contributed by atoms with E-state index in [4.69, 9.17) is 4.74 Å². The first-order valence-electron chi connectivity index (χ1n) is 7.14. The lowest BCUT2D eigenvalue weighted by Gasteiger charge is -2.38. The Morgan fingerprint density at radius 3 is 2.50 bits per heavy atom. The summed E-state index contributed by atoms with van der Waals surface area (Å²) in [6, 6.07) is 0. The van der Waals surface area contributed by atoms with Gasteiger partial charge in [0.15, 0.2) is 0 Å². The lowest BCUT2D eigenvalue weighted by atomic mass is 9.89. The molecular weight excluding hydrogens is 258 g/mol. The molecule has 0 saturated carbocycles. The predicted molar refractivity (Wildman–Crippen MR) is 77.4 cm³/mol. The van der Waals surface area contributed by atoms with Crippen LogP contribution in [0, 0.1) is 0 Å². The normalized spacial score (nSPS) is 22.4. The number of carbonyl (C=O) groups is 2. The second-order valence-corrected chi connectivity index (χ2v) is 5.72. The molecule has 0 aromatic carbocycles. The highest BCUT2D eigenvalue weighted by Crippen LogP contribution is 2.21. The van der Waals surface area contributed by atoms with Gasteiger partial charge in [-0.3, -0.25) is 9.59 Å². The van der Waals surface area contributed by atoms with Gasteiger partial charge in [-0.25, -0.2) is 0 Å². The third kappa shape index (κ3) is 4.45. The molecule has 1 atom stereocenters. The molecule has 1 unspecified atom stereocenters. The van der Waals surface area contributed by atoms with Gasteiger partial charge in [-0.2, -0.15) is 0 Å². The van der Waals surface area contributed by atoms with E-state index in [-0.39, 0.29) is 18.4 Å². The molecule has 1 rings (SSSR count). The number of ether oxygens (including phenoxy) is 1. The number of likely N-dealkylation sites (N-methyl/N-ethyl adjacent to an activating group) is 1. The Bertz CT molecular complexity index is 339. The van der Waals surface area contributed by atoms with Gasteiger partial charge >= 0.3 is 0 Å². The van der Waals surface area contributed by atoms with E-state index >= 15 is 0 Å². The van der Waals surface area contributed by atoms with Crippen LogP contribution in [0.5, 0.6) is 0 Å². The van der Waals surface area contributed by atoms with E-state index in [9.17, 15) is 9.59 Å². The van der Waals surface area contributed by atoms with Crippen molar-refractivity contribution in [3.8, 4) is 0 Å². The number of hydrogen-bond acceptors (Lipinski definition) is 4. The fourth-order valence-electron chi connectivity index (χ4n) is 2.35. The van der Waals surface area contributed by atoms with Crippen LogP contribution in [0.3, 0.4) is 0 Å². The van der Waals surface area contributed by atoms with Gasteiger partial charge < -0.3 is 19.9 Å². The fraction of sp³-hybridized carbons (Fsp3) is 0.857. The van der Waals surface area contributed by atoms with E-state index in [1.807, 2.05) is 6.92 Å². The minimum Gasteiger partial charge on any atom is -0.383 e. The molecule has 0 spiro atoms. The summed E-state index contributed by atoms with van der Waals surface area (Å²) in [5.74, 6) is -0.0849. The number of rotatable bonds is 6. The Kier molecular flexibility index (Phi) is 6.42. The van der Waals surface area contributed by atoms with Crippen LogP contribution >= 0.6 is 0 Å². The molecule has 1 aliphatic rings. The van der Waals surface area contributed by atoms with Crippen molar-refractivity contribution in [3.63, 3.8) is 0 Å². The highest BCUT2D eigenvalue weighted by Gasteiger charge is 2.37. The summed E-state index contributed by atoms with van der Waals surface area (Å²) >= 11 is 0. The van der Waals surface area contributed by atoms with Crippen molar-refractivity contribution in [2.24, 2.45) is 0 Å². The molecule has 20 heavy (non-hydrogen) atoms. The number of hydrogen-bond donors (Lipinski definition) is 1. The molecule has 6 nitrogen and oxygen atoms in total. The molecule has 1 heterocycles. The van der Waals surface area contributed by atoms with Crippen LogP contribution in [0.2, 0.25) is 0 Å². The van der Waals surface area contributed by atoms with Crippen LogP contribution in [0.1, 0.15) is 26.2 Å². The van der Waals surface area contributed by atoms with E-state index in [0.29, 0.717) is 13.2 Å². The maximum absolute atomic E-state index is 12.7. The van der Waals surface area contributed by atoms with Crippen molar-refractivity contribution < 1.29 is 14.3 Å². The quantitative estimate of drug-likeness (QED) is 0.751. The SMILES string of the molecule is COCCN(CC(=O)N(C)C)C(=O)C1(C)CCCCN1. The molecular formula is C14H27N3O3. The maximum atomic E-state index is 12.7. The van der Waals surface area contributed by atoms with Gasteiger partial charge in [-0.05, 0) is 32.7 Å². The van der Waals surface area contributed by atoms with Crippen LogP contribution in [0.4, 0.5) is 0 Å².